The highest BCUT2D eigenvalue weighted by Gasteiger charge is 2.19. The van der Waals surface area contributed by atoms with Crippen molar-refractivity contribution in [3.63, 3.8) is 0 Å². The summed E-state index contributed by atoms with van der Waals surface area (Å²) in [7, 11) is 0. The van der Waals surface area contributed by atoms with Crippen molar-refractivity contribution in [1.29, 1.82) is 0 Å². The molecule has 6 aromatic carbocycles. The van der Waals surface area contributed by atoms with Crippen molar-refractivity contribution < 1.29 is 0 Å². The first kappa shape index (κ1) is 23.0. The summed E-state index contributed by atoms with van der Waals surface area (Å²) in [5.74, 6) is 1.57. The lowest BCUT2D eigenvalue weighted by Crippen LogP contribution is -2.00. The molecule has 0 radical (unpaired) electrons. The molecule has 0 aliphatic carbocycles. The Balaban J connectivity index is 1.42. The van der Waals surface area contributed by atoms with E-state index in [0.29, 0.717) is 5.82 Å². The molecule has 0 atom stereocenters. The number of rotatable bonds is 3. The van der Waals surface area contributed by atoms with Gasteiger partial charge in [0.1, 0.15) is 5.82 Å². The first-order valence-corrected chi connectivity index (χ1v) is 14.2. The zero-order valence-electron chi connectivity index (χ0n) is 22.6. The van der Waals surface area contributed by atoms with Crippen LogP contribution in [0.5, 0.6) is 0 Å². The molecule has 0 aliphatic rings. The van der Waals surface area contributed by atoms with Crippen LogP contribution in [-0.2, 0) is 0 Å². The van der Waals surface area contributed by atoms with Gasteiger partial charge >= 0.3 is 0 Å². The van der Waals surface area contributed by atoms with Gasteiger partial charge in [0.2, 0.25) is 0 Å². The van der Waals surface area contributed by atoms with E-state index in [-0.39, 0.29) is 0 Å². The monoisotopic (exact) mass is 536 g/mol. The third-order valence-corrected chi connectivity index (χ3v) is 8.36. The number of fused-ring (bicyclic) bond motifs is 8. The lowest BCUT2D eigenvalue weighted by molar-refractivity contribution is 1.04. The largest absolute Gasteiger partial charge is 0.309 e. The normalized spacial score (nSPS) is 11.8. The molecule has 0 unspecified atom stereocenters. The minimum atomic E-state index is 0.714. The van der Waals surface area contributed by atoms with Gasteiger partial charge in [-0.05, 0) is 47.9 Å². The second kappa shape index (κ2) is 8.88. The zero-order chi connectivity index (χ0) is 27.6. The molecule has 0 amide bonds. The summed E-state index contributed by atoms with van der Waals surface area (Å²) >= 11 is 0. The van der Waals surface area contributed by atoms with Crippen LogP contribution >= 0.6 is 0 Å². The standard InChI is InChI=1S/C38H24N4/c1-3-11-25(12-4-1)38-39-22-21-36(40-38)42-34-18-10-8-16-29(34)32-23-26-19-20-30-28-15-7-9-17-33(28)41(27-13-5-2-6-14-27)37(30)31(26)24-35(32)42/h1-24H. The average molecular weight is 537 g/mol. The second-order valence-electron chi connectivity index (χ2n) is 10.7. The van der Waals surface area contributed by atoms with Gasteiger partial charge in [-0.3, -0.25) is 4.57 Å². The predicted octanol–water partition coefficient (Wildman–Crippen LogP) is 9.49. The molecule has 0 spiro atoms. The quantitative estimate of drug-likeness (QED) is 0.225. The Morgan fingerprint density at radius 3 is 1.90 bits per heavy atom. The highest BCUT2D eigenvalue weighted by atomic mass is 15.1. The fraction of sp³-hybridized carbons (Fsp3) is 0. The Morgan fingerprint density at radius 1 is 0.452 bits per heavy atom. The van der Waals surface area contributed by atoms with Crippen LogP contribution < -0.4 is 0 Å². The molecule has 4 nitrogen and oxygen atoms in total. The molecule has 3 heterocycles. The highest BCUT2D eigenvalue weighted by molar-refractivity contribution is 6.22. The van der Waals surface area contributed by atoms with Crippen LogP contribution in [0.3, 0.4) is 0 Å². The maximum Gasteiger partial charge on any atom is 0.161 e. The summed E-state index contributed by atoms with van der Waals surface area (Å²) in [5.41, 5.74) is 6.82. The Morgan fingerprint density at radius 2 is 1.12 bits per heavy atom. The van der Waals surface area contributed by atoms with Crippen LogP contribution in [0.4, 0.5) is 0 Å². The summed E-state index contributed by atoms with van der Waals surface area (Å²) in [5, 5.41) is 7.34. The second-order valence-corrected chi connectivity index (χ2v) is 10.7. The number of para-hydroxylation sites is 3. The van der Waals surface area contributed by atoms with E-state index in [4.69, 9.17) is 4.98 Å². The van der Waals surface area contributed by atoms with E-state index >= 15 is 0 Å². The van der Waals surface area contributed by atoms with Gasteiger partial charge in [0.15, 0.2) is 5.82 Å². The van der Waals surface area contributed by atoms with E-state index in [0.717, 1.165) is 28.1 Å². The molecule has 0 fully saturated rings. The van der Waals surface area contributed by atoms with Crippen LogP contribution in [-0.4, -0.2) is 19.1 Å². The molecular weight excluding hydrogens is 512 g/mol. The van der Waals surface area contributed by atoms with Gasteiger partial charge in [-0.2, -0.15) is 0 Å². The molecule has 4 heteroatoms. The van der Waals surface area contributed by atoms with Gasteiger partial charge in [0.25, 0.3) is 0 Å². The predicted molar refractivity (Wildman–Crippen MR) is 174 cm³/mol. The summed E-state index contributed by atoms with van der Waals surface area (Å²) in [4.78, 5) is 9.69. The maximum atomic E-state index is 5.07. The van der Waals surface area contributed by atoms with Crippen molar-refractivity contribution in [1.82, 2.24) is 19.1 Å². The van der Waals surface area contributed by atoms with Gasteiger partial charge in [-0.1, -0.05) is 97.1 Å². The molecule has 196 valence electrons. The number of aromatic nitrogens is 4. The molecule has 0 bridgehead atoms. The minimum absolute atomic E-state index is 0.714. The van der Waals surface area contributed by atoms with E-state index in [9.17, 15) is 0 Å². The topological polar surface area (TPSA) is 35.6 Å². The van der Waals surface area contributed by atoms with Gasteiger partial charge < -0.3 is 4.57 Å². The molecule has 0 N–H and O–H groups in total. The smallest absolute Gasteiger partial charge is 0.161 e. The lowest BCUT2D eigenvalue weighted by Gasteiger charge is -2.11. The third-order valence-electron chi connectivity index (χ3n) is 8.36. The van der Waals surface area contributed by atoms with Gasteiger partial charge in [-0.15, -0.1) is 0 Å². The molecular formula is C38H24N4. The Bertz CT molecular complexity index is 2450. The van der Waals surface area contributed by atoms with Crippen molar-refractivity contribution in [2.45, 2.75) is 0 Å². The summed E-state index contributed by atoms with van der Waals surface area (Å²) in [6.07, 6.45) is 1.86. The van der Waals surface area contributed by atoms with Gasteiger partial charge in [-0.25, -0.2) is 9.97 Å². The average Bonchev–Trinajstić information content (AvgIpc) is 3.57. The highest BCUT2D eigenvalue weighted by Crippen LogP contribution is 2.40. The van der Waals surface area contributed by atoms with E-state index in [1.807, 2.05) is 30.5 Å². The molecule has 0 saturated carbocycles. The van der Waals surface area contributed by atoms with E-state index in [2.05, 4.69) is 129 Å². The van der Waals surface area contributed by atoms with Gasteiger partial charge in [0, 0.05) is 44.4 Å². The molecule has 9 rings (SSSR count). The van der Waals surface area contributed by atoms with Crippen molar-refractivity contribution in [3.05, 3.63) is 146 Å². The van der Waals surface area contributed by atoms with Crippen molar-refractivity contribution >= 4 is 54.4 Å². The molecule has 42 heavy (non-hydrogen) atoms. The fourth-order valence-electron chi connectivity index (χ4n) is 6.54. The Hall–Kier alpha value is -5.74. The first-order valence-electron chi connectivity index (χ1n) is 14.2. The number of hydrogen-bond acceptors (Lipinski definition) is 2. The number of benzene rings is 6. The summed E-state index contributed by atoms with van der Waals surface area (Å²) in [6.45, 7) is 0. The molecule has 9 aromatic rings. The zero-order valence-corrected chi connectivity index (χ0v) is 22.6. The van der Waals surface area contributed by atoms with Gasteiger partial charge in [0.05, 0.1) is 22.1 Å². The third kappa shape index (κ3) is 3.29. The van der Waals surface area contributed by atoms with Crippen LogP contribution in [0.1, 0.15) is 0 Å². The SMILES string of the molecule is c1ccc(-c2nccc(-n3c4ccccc4c4cc5ccc6c7ccccc7n(-c7ccccc7)c6c5cc43)n2)cc1. The van der Waals surface area contributed by atoms with E-state index in [1.165, 1.54) is 43.4 Å². The van der Waals surface area contributed by atoms with E-state index < -0.39 is 0 Å². The Labute approximate surface area is 241 Å². The van der Waals surface area contributed by atoms with Crippen LogP contribution in [0, 0.1) is 0 Å². The van der Waals surface area contributed by atoms with Crippen molar-refractivity contribution in [3.8, 4) is 22.9 Å². The lowest BCUT2D eigenvalue weighted by atomic mass is 10.0. The van der Waals surface area contributed by atoms with E-state index in [1.54, 1.807) is 0 Å². The maximum absolute atomic E-state index is 5.07. The number of nitrogens with zero attached hydrogens (tertiary/aromatic N) is 4. The molecule has 0 saturated heterocycles. The van der Waals surface area contributed by atoms with Crippen LogP contribution in [0.25, 0.3) is 77.3 Å². The van der Waals surface area contributed by atoms with Crippen LogP contribution in [0.2, 0.25) is 0 Å². The Kier molecular flexibility index (Phi) is 4.87. The first-order chi connectivity index (χ1) is 20.8. The number of hydrogen-bond donors (Lipinski definition) is 0. The minimum Gasteiger partial charge on any atom is -0.309 e. The fourth-order valence-corrected chi connectivity index (χ4v) is 6.54. The summed E-state index contributed by atoms with van der Waals surface area (Å²) < 4.78 is 4.69. The van der Waals surface area contributed by atoms with Crippen molar-refractivity contribution in [2.24, 2.45) is 0 Å². The molecule has 0 aliphatic heterocycles. The van der Waals surface area contributed by atoms with Crippen molar-refractivity contribution in [2.75, 3.05) is 0 Å². The molecule has 3 aromatic heterocycles. The summed E-state index contributed by atoms with van der Waals surface area (Å²) in [6, 6.07) is 49.4. The van der Waals surface area contributed by atoms with Crippen LogP contribution in [0.15, 0.2) is 146 Å².